The van der Waals surface area contributed by atoms with E-state index in [2.05, 4.69) is 4.74 Å². The molecule has 1 N–H and O–H groups in total. The van der Waals surface area contributed by atoms with E-state index >= 15 is 0 Å². The third-order valence-corrected chi connectivity index (χ3v) is 1.56. The monoisotopic (exact) mass is 186 g/mol. The molecule has 1 atom stereocenters. The molecule has 0 unspecified atom stereocenters. The van der Waals surface area contributed by atoms with Crippen LogP contribution in [0.4, 0.5) is 0 Å². The molecule has 0 aromatic heterocycles. The molecule has 74 valence electrons. The molecule has 4 heteroatoms. The van der Waals surface area contributed by atoms with Gasteiger partial charge in [0.2, 0.25) is 0 Å². The van der Waals surface area contributed by atoms with Crippen molar-refractivity contribution in [1.82, 2.24) is 0 Å². The van der Waals surface area contributed by atoms with Gasteiger partial charge >= 0.3 is 11.9 Å². The van der Waals surface area contributed by atoms with Crippen LogP contribution in [0.1, 0.15) is 19.8 Å². The summed E-state index contributed by atoms with van der Waals surface area (Å²) in [5.41, 5.74) is 0. The fourth-order valence-corrected chi connectivity index (χ4v) is 1.00. The number of carboxylic acids is 1. The lowest BCUT2D eigenvalue weighted by Crippen LogP contribution is -2.12. The quantitative estimate of drug-likeness (QED) is 0.518. The van der Waals surface area contributed by atoms with E-state index in [1.165, 1.54) is 7.11 Å². The Hall–Kier alpha value is -1.32. The van der Waals surface area contributed by atoms with Gasteiger partial charge in [0.15, 0.2) is 0 Å². The van der Waals surface area contributed by atoms with E-state index in [0.29, 0.717) is 0 Å². The molecule has 13 heavy (non-hydrogen) atoms. The summed E-state index contributed by atoms with van der Waals surface area (Å²) in [5.74, 6) is -1.56. The van der Waals surface area contributed by atoms with Crippen LogP contribution in [0.5, 0.6) is 0 Å². The highest BCUT2D eigenvalue weighted by Crippen LogP contribution is 2.11. The fourth-order valence-electron chi connectivity index (χ4n) is 1.00. The van der Waals surface area contributed by atoms with Crippen LogP contribution in [0.2, 0.25) is 0 Å². The number of aliphatic carboxylic acids is 1. The number of carbonyl (C=O) groups is 2. The maximum atomic E-state index is 10.8. The summed E-state index contributed by atoms with van der Waals surface area (Å²) in [6.45, 7) is 1.78. The van der Waals surface area contributed by atoms with Crippen LogP contribution in [0.25, 0.3) is 0 Å². The molecular formula is C9H14O4. The number of carbonyl (C=O) groups excluding carboxylic acids is 1. The average molecular weight is 186 g/mol. The predicted octanol–water partition coefficient (Wildman–Crippen LogP) is 1.22. The van der Waals surface area contributed by atoms with Gasteiger partial charge in [-0.1, -0.05) is 12.2 Å². The zero-order chi connectivity index (χ0) is 10.3. The second-order valence-corrected chi connectivity index (χ2v) is 2.66. The zero-order valence-electron chi connectivity index (χ0n) is 7.82. The van der Waals surface area contributed by atoms with Crippen molar-refractivity contribution in [2.45, 2.75) is 19.8 Å². The van der Waals surface area contributed by atoms with Crippen molar-refractivity contribution in [3.8, 4) is 0 Å². The summed E-state index contributed by atoms with van der Waals surface area (Å²) < 4.78 is 4.44. The first-order valence-corrected chi connectivity index (χ1v) is 4.01. The van der Waals surface area contributed by atoms with E-state index in [4.69, 9.17) is 5.11 Å². The third-order valence-electron chi connectivity index (χ3n) is 1.56. The lowest BCUT2D eigenvalue weighted by Gasteiger charge is -2.07. The number of rotatable bonds is 5. The second-order valence-electron chi connectivity index (χ2n) is 2.66. The van der Waals surface area contributed by atoms with Gasteiger partial charge in [-0.3, -0.25) is 9.59 Å². The lowest BCUT2D eigenvalue weighted by atomic mass is 10.0. The number of allylic oxidation sites excluding steroid dienone is 2. The number of hydrogen-bond donors (Lipinski definition) is 1. The standard InChI is InChI=1S/C9H14O4/c1-3-4-7(5-8(10)11)6-9(12)13-2/h3-4,7H,5-6H2,1-2H3,(H,10,11)/b4-3-/t7-/m1/s1. The second kappa shape index (κ2) is 6.22. The van der Waals surface area contributed by atoms with E-state index in [9.17, 15) is 9.59 Å². The van der Waals surface area contributed by atoms with Crippen LogP contribution in [-0.4, -0.2) is 24.2 Å². The van der Waals surface area contributed by atoms with Crippen LogP contribution in [0, 0.1) is 5.92 Å². The minimum absolute atomic E-state index is 0.0422. The predicted molar refractivity (Wildman–Crippen MR) is 47.2 cm³/mol. The smallest absolute Gasteiger partial charge is 0.306 e. The minimum atomic E-state index is -0.910. The first-order chi connectivity index (χ1) is 6.10. The Bertz CT molecular complexity index is 208. The molecule has 0 amide bonds. The summed E-state index contributed by atoms with van der Waals surface area (Å²) in [5, 5.41) is 8.51. The Morgan fingerprint density at radius 2 is 2.08 bits per heavy atom. The largest absolute Gasteiger partial charge is 0.481 e. The van der Waals surface area contributed by atoms with E-state index in [1.54, 1.807) is 19.1 Å². The Morgan fingerprint density at radius 3 is 2.46 bits per heavy atom. The summed E-state index contributed by atoms with van der Waals surface area (Å²) >= 11 is 0. The molecule has 0 aromatic rings. The van der Waals surface area contributed by atoms with Crippen molar-refractivity contribution < 1.29 is 19.4 Å². The highest BCUT2D eigenvalue weighted by Gasteiger charge is 2.14. The summed E-state index contributed by atoms with van der Waals surface area (Å²) in [7, 11) is 1.29. The number of hydrogen-bond acceptors (Lipinski definition) is 3. The van der Waals surface area contributed by atoms with Gasteiger partial charge in [-0.05, 0) is 12.8 Å². The molecule has 0 aromatic carbocycles. The van der Waals surface area contributed by atoms with Crippen molar-refractivity contribution in [3.05, 3.63) is 12.2 Å². The van der Waals surface area contributed by atoms with Crippen molar-refractivity contribution >= 4 is 11.9 Å². The number of ether oxygens (including phenoxy) is 1. The van der Waals surface area contributed by atoms with Crippen LogP contribution in [0.3, 0.4) is 0 Å². The van der Waals surface area contributed by atoms with Gasteiger partial charge in [0, 0.05) is 0 Å². The molecule has 0 radical (unpaired) electrons. The molecule has 0 rings (SSSR count). The average Bonchev–Trinajstić information content (AvgIpc) is 2.03. The number of carboxylic acid groups (broad SMARTS) is 1. The number of esters is 1. The topological polar surface area (TPSA) is 63.6 Å². The molecule has 0 aliphatic rings. The Morgan fingerprint density at radius 1 is 1.46 bits per heavy atom. The molecule has 0 saturated heterocycles. The van der Waals surface area contributed by atoms with E-state index in [1.807, 2.05) is 0 Å². The summed E-state index contributed by atoms with van der Waals surface area (Å²) in [4.78, 5) is 21.2. The van der Waals surface area contributed by atoms with Crippen LogP contribution < -0.4 is 0 Å². The van der Waals surface area contributed by atoms with E-state index in [-0.39, 0.29) is 24.7 Å². The Labute approximate surface area is 77.2 Å². The van der Waals surface area contributed by atoms with Crippen molar-refractivity contribution in [2.75, 3.05) is 7.11 Å². The lowest BCUT2D eigenvalue weighted by molar-refractivity contribution is -0.142. The SMILES string of the molecule is C/C=C\[C@H](CC(=O)O)CC(=O)OC. The molecule has 0 heterocycles. The van der Waals surface area contributed by atoms with Crippen LogP contribution >= 0.6 is 0 Å². The molecule has 0 spiro atoms. The summed E-state index contributed by atoms with van der Waals surface area (Å²) in [6.07, 6.45) is 3.51. The van der Waals surface area contributed by atoms with Crippen LogP contribution in [0.15, 0.2) is 12.2 Å². The van der Waals surface area contributed by atoms with E-state index < -0.39 is 5.97 Å². The molecule has 0 bridgehead atoms. The molecule has 4 nitrogen and oxygen atoms in total. The maximum absolute atomic E-state index is 10.8. The maximum Gasteiger partial charge on any atom is 0.306 e. The minimum Gasteiger partial charge on any atom is -0.481 e. The third kappa shape index (κ3) is 5.90. The molecule has 0 saturated carbocycles. The first kappa shape index (κ1) is 11.7. The molecule has 0 fully saturated rings. The van der Waals surface area contributed by atoms with Gasteiger partial charge in [-0.2, -0.15) is 0 Å². The van der Waals surface area contributed by atoms with E-state index in [0.717, 1.165) is 0 Å². The van der Waals surface area contributed by atoms with Gasteiger partial charge in [-0.15, -0.1) is 0 Å². The van der Waals surface area contributed by atoms with Gasteiger partial charge in [0.25, 0.3) is 0 Å². The summed E-state index contributed by atoms with van der Waals surface area (Å²) in [6, 6.07) is 0. The zero-order valence-corrected chi connectivity index (χ0v) is 7.82. The van der Waals surface area contributed by atoms with Crippen molar-refractivity contribution in [3.63, 3.8) is 0 Å². The molecule has 0 aliphatic carbocycles. The van der Waals surface area contributed by atoms with Crippen molar-refractivity contribution in [1.29, 1.82) is 0 Å². The highest BCUT2D eigenvalue weighted by molar-refractivity contribution is 5.72. The van der Waals surface area contributed by atoms with Gasteiger partial charge in [-0.25, -0.2) is 0 Å². The molecule has 0 aliphatic heterocycles. The van der Waals surface area contributed by atoms with Crippen LogP contribution in [-0.2, 0) is 14.3 Å². The van der Waals surface area contributed by atoms with Gasteiger partial charge in [0.05, 0.1) is 20.0 Å². The highest BCUT2D eigenvalue weighted by atomic mass is 16.5. The number of methoxy groups -OCH3 is 1. The Balaban J connectivity index is 4.09. The van der Waals surface area contributed by atoms with Gasteiger partial charge in [0.1, 0.15) is 0 Å². The Kier molecular flexibility index (Phi) is 5.59. The van der Waals surface area contributed by atoms with Crippen molar-refractivity contribution in [2.24, 2.45) is 5.92 Å². The van der Waals surface area contributed by atoms with Gasteiger partial charge < -0.3 is 9.84 Å². The normalized spacial score (nSPS) is 12.8. The fraction of sp³-hybridized carbons (Fsp3) is 0.556. The first-order valence-electron chi connectivity index (χ1n) is 4.01. The molecular weight excluding hydrogens is 172 g/mol.